The summed E-state index contributed by atoms with van der Waals surface area (Å²) in [5, 5.41) is 4.43. The van der Waals surface area contributed by atoms with E-state index in [0.29, 0.717) is 21.5 Å². The molecule has 4 aromatic rings. The Morgan fingerprint density at radius 2 is 1.86 bits per heavy atom. The Morgan fingerprint density at radius 1 is 1.10 bits per heavy atom. The first-order valence-corrected chi connectivity index (χ1v) is 9.68. The number of para-hydroxylation sites is 1. The highest BCUT2D eigenvalue weighted by molar-refractivity contribution is 7.17. The first-order valence-electron chi connectivity index (χ1n) is 8.80. The number of hydrogen-bond acceptors (Lipinski definition) is 4. The van der Waals surface area contributed by atoms with Crippen LogP contribution in [0.4, 0.5) is 10.1 Å². The van der Waals surface area contributed by atoms with Crippen molar-refractivity contribution in [2.24, 2.45) is 0 Å². The number of carbonyl (C=O) groups excluding carboxylic acids is 1. The van der Waals surface area contributed by atoms with E-state index in [1.807, 2.05) is 6.07 Å². The summed E-state index contributed by atoms with van der Waals surface area (Å²) in [4.78, 5) is 38.7. The number of carbonyl (C=O) groups is 1. The summed E-state index contributed by atoms with van der Waals surface area (Å²) < 4.78 is 16.1. The van der Waals surface area contributed by atoms with Crippen LogP contribution in [0.25, 0.3) is 15.9 Å². The third kappa shape index (κ3) is 3.50. The number of thiophene rings is 1. The van der Waals surface area contributed by atoms with Crippen molar-refractivity contribution in [3.63, 3.8) is 0 Å². The molecule has 0 spiro atoms. The second-order valence-corrected chi connectivity index (χ2v) is 7.41. The smallest absolute Gasteiger partial charge is 0.325 e. The van der Waals surface area contributed by atoms with Crippen LogP contribution in [0.15, 0.2) is 69.6 Å². The first-order chi connectivity index (χ1) is 14.0. The molecule has 0 atom stereocenters. The molecule has 146 valence electrons. The quantitative estimate of drug-likeness (QED) is 0.562. The minimum Gasteiger partial charge on any atom is -0.325 e. The van der Waals surface area contributed by atoms with Gasteiger partial charge in [-0.3, -0.25) is 14.2 Å². The average molecular weight is 409 g/mol. The fourth-order valence-electron chi connectivity index (χ4n) is 3.19. The van der Waals surface area contributed by atoms with Gasteiger partial charge in [0.25, 0.3) is 5.56 Å². The van der Waals surface area contributed by atoms with Crippen LogP contribution >= 0.6 is 11.3 Å². The van der Waals surface area contributed by atoms with Crippen LogP contribution in [0.5, 0.6) is 0 Å². The van der Waals surface area contributed by atoms with E-state index in [4.69, 9.17) is 0 Å². The number of fused-ring (bicyclic) bond motifs is 1. The zero-order valence-corrected chi connectivity index (χ0v) is 16.2. The number of aromatic nitrogens is 2. The van der Waals surface area contributed by atoms with Crippen molar-refractivity contribution in [2.45, 2.75) is 13.5 Å². The minimum absolute atomic E-state index is 0.262. The number of aryl methyl sites for hydroxylation is 1. The predicted molar refractivity (Wildman–Crippen MR) is 111 cm³/mol. The Labute approximate surface area is 168 Å². The molecule has 2 aromatic carbocycles. The Morgan fingerprint density at radius 3 is 2.59 bits per heavy atom. The molecule has 2 aromatic heterocycles. The van der Waals surface area contributed by atoms with Crippen LogP contribution in [0.2, 0.25) is 0 Å². The van der Waals surface area contributed by atoms with Gasteiger partial charge in [0, 0.05) is 5.69 Å². The molecule has 0 bridgehead atoms. The van der Waals surface area contributed by atoms with Gasteiger partial charge in [0.2, 0.25) is 5.91 Å². The van der Waals surface area contributed by atoms with Gasteiger partial charge in [0.05, 0.1) is 11.2 Å². The maximum atomic E-state index is 13.5. The standard InChI is InChI=1S/C21H16FN3O3S/c1-13-11-14(22)7-8-16(13)25-20(27)19-17(9-10-29-19)24(21(25)28)12-18(26)23-15-5-3-2-4-6-15/h2-11H,12H2,1H3,(H,23,26). The summed E-state index contributed by atoms with van der Waals surface area (Å²) >= 11 is 1.19. The second-order valence-electron chi connectivity index (χ2n) is 6.49. The third-order valence-electron chi connectivity index (χ3n) is 4.51. The number of anilines is 1. The summed E-state index contributed by atoms with van der Waals surface area (Å²) in [6, 6.07) is 14.4. The molecule has 0 aliphatic heterocycles. The number of hydrogen-bond donors (Lipinski definition) is 1. The molecule has 0 saturated heterocycles. The van der Waals surface area contributed by atoms with Gasteiger partial charge in [0.15, 0.2) is 0 Å². The van der Waals surface area contributed by atoms with Gasteiger partial charge in [-0.15, -0.1) is 11.3 Å². The van der Waals surface area contributed by atoms with Crippen LogP contribution in [0.1, 0.15) is 5.56 Å². The zero-order chi connectivity index (χ0) is 20.5. The van der Waals surface area contributed by atoms with Crippen LogP contribution < -0.4 is 16.6 Å². The summed E-state index contributed by atoms with van der Waals surface area (Å²) in [6.07, 6.45) is 0. The lowest BCUT2D eigenvalue weighted by atomic mass is 10.2. The molecule has 0 unspecified atom stereocenters. The van der Waals surface area contributed by atoms with Crippen molar-refractivity contribution < 1.29 is 9.18 Å². The van der Waals surface area contributed by atoms with E-state index in [-0.39, 0.29) is 12.2 Å². The maximum absolute atomic E-state index is 13.5. The van der Waals surface area contributed by atoms with Crippen molar-refractivity contribution in [1.29, 1.82) is 0 Å². The van der Waals surface area contributed by atoms with Crippen LogP contribution in [-0.4, -0.2) is 15.0 Å². The van der Waals surface area contributed by atoms with Gasteiger partial charge >= 0.3 is 5.69 Å². The van der Waals surface area contributed by atoms with E-state index in [9.17, 15) is 18.8 Å². The van der Waals surface area contributed by atoms with Crippen molar-refractivity contribution in [3.05, 3.63) is 92.2 Å². The Balaban J connectivity index is 1.84. The topological polar surface area (TPSA) is 73.1 Å². The van der Waals surface area contributed by atoms with Crippen molar-refractivity contribution >= 4 is 33.1 Å². The highest BCUT2D eigenvalue weighted by Crippen LogP contribution is 2.18. The minimum atomic E-state index is -0.654. The Hall–Kier alpha value is -3.52. The molecule has 0 fully saturated rings. The van der Waals surface area contributed by atoms with Crippen molar-refractivity contribution in [2.75, 3.05) is 5.32 Å². The van der Waals surface area contributed by atoms with E-state index in [1.165, 1.54) is 34.1 Å². The van der Waals surface area contributed by atoms with Crippen LogP contribution in [0.3, 0.4) is 0 Å². The molecule has 8 heteroatoms. The SMILES string of the molecule is Cc1cc(F)ccc1-n1c(=O)c2sccc2n(CC(=O)Nc2ccccc2)c1=O. The molecular weight excluding hydrogens is 393 g/mol. The number of halogens is 1. The summed E-state index contributed by atoms with van der Waals surface area (Å²) in [6.45, 7) is 1.36. The summed E-state index contributed by atoms with van der Waals surface area (Å²) in [7, 11) is 0. The number of nitrogens with zero attached hydrogens (tertiary/aromatic N) is 2. The average Bonchev–Trinajstić information content (AvgIpc) is 3.18. The molecule has 4 rings (SSSR count). The molecule has 29 heavy (non-hydrogen) atoms. The van der Waals surface area contributed by atoms with Gasteiger partial charge in [0.1, 0.15) is 17.1 Å². The van der Waals surface area contributed by atoms with Gasteiger partial charge in [-0.25, -0.2) is 13.8 Å². The van der Waals surface area contributed by atoms with Crippen LogP contribution in [0, 0.1) is 12.7 Å². The zero-order valence-electron chi connectivity index (χ0n) is 15.4. The first kappa shape index (κ1) is 18.8. The van der Waals surface area contributed by atoms with Gasteiger partial charge < -0.3 is 5.32 Å². The lowest BCUT2D eigenvalue weighted by molar-refractivity contribution is -0.116. The fraction of sp³-hybridized carbons (Fsp3) is 0.0952. The van der Waals surface area contributed by atoms with Crippen LogP contribution in [-0.2, 0) is 11.3 Å². The van der Waals surface area contributed by atoms with E-state index in [0.717, 1.165) is 4.57 Å². The molecular formula is C21H16FN3O3S. The molecule has 6 nitrogen and oxygen atoms in total. The van der Waals surface area contributed by atoms with Crippen molar-refractivity contribution in [3.8, 4) is 5.69 Å². The van der Waals surface area contributed by atoms with E-state index >= 15 is 0 Å². The number of amides is 1. The van der Waals surface area contributed by atoms with Crippen molar-refractivity contribution in [1.82, 2.24) is 9.13 Å². The second kappa shape index (κ2) is 7.48. The maximum Gasteiger partial charge on any atom is 0.336 e. The van der Waals surface area contributed by atoms with Gasteiger partial charge in [-0.1, -0.05) is 18.2 Å². The Bertz CT molecular complexity index is 1340. The lowest BCUT2D eigenvalue weighted by Gasteiger charge is -2.14. The van der Waals surface area contributed by atoms with E-state index < -0.39 is 23.0 Å². The highest BCUT2D eigenvalue weighted by Gasteiger charge is 2.18. The summed E-state index contributed by atoms with van der Waals surface area (Å²) in [5.41, 5.74) is 0.585. The van der Waals surface area contributed by atoms with E-state index in [1.54, 1.807) is 42.6 Å². The fourth-order valence-corrected chi connectivity index (χ4v) is 4.01. The Kier molecular flexibility index (Phi) is 4.85. The normalized spacial score (nSPS) is 11.0. The monoisotopic (exact) mass is 409 g/mol. The molecule has 1 N–H and O–H groups in total. The number of rotatable bonds is 4. The molecule has 0 aliphatic rings. The van der Waals surface area contributed by atoms with Gasteiger partial charge in [-0.05, 0) is 54.3 Å². The lowest BCUT2D eigenvalue weighted by Crippen LogP contribution is -2.40. The molecule has 0 radical (unpaired) electrons. The molecule has 1 amide bonds. The molecule has 2 heterocycles. The van der Waals surface area contributed by atoms with Gasteiger partial charge in [-0.2, -0.15) is 0 Å². The third-order valence-corrected chi connectivity index (χ3v) is 5.41. The highest BCUT2D eigenvalue weighted by atomic mass is 32.1. The predicted octanol–water partition coefficient (Wildman–Crippen LogP) is 3.30. The number of nitrogens with one attached hydrogen (secondary N) is 1. The summed E-state index contributed by atoms with van der Waals surface area (Å²) in [5.74, 6) is -0.856. The molecule has 0 saturated carbocycles. The molecule has 0 aliphatic carbocycles. The largest absolute Gasteiger partial charge is 0.336 e. The number of benzene rings is 2. The van der Waals surface area contributed by atoms with E-state index in [2.05, 4.69) is 5.32 Å².